The maximum Gasteiger partial charge on any atom is 0.119 e. The van der Waals surface area contributed by atoms with E-state index in [4.69, 9.17) is 4.74 Å². The summed E-state index contributed by atoms with van der Waals surface area (Å²) in [7, 11) is 1.74. The number of methoxy groups -OCH3 is 1. The lowest BCUT2D eigenvalue weighted by Crippen LogP contribution is -1.88. The Bertz CT molecular complexity index is 91.8. The molecule has 0 N–H and O–H groups in total. The molecule has 0 spiro atoms. The van der Waals surface area contributed by atoms with Crippen LogP contribution in [0.2, 0.25) is 0 Å². The van der Waals surface area contributed by atoms with Crippen molar-refractivity contribution in [3.8, 4) is 0 Å². The first-order valence-electron chi connectivity index (χ1n) is 4.84. The molecule has 0 saturated carbocycles. The van der Waals surface area contributed by atoms with Gasteiger partial charge in [0.25, 0.3) is 0 Å². The van der Waals surface area contributed by atoms with Gasteiger partial charge in [0.1, 0.15) is 6.29 Å². The molecule has 0 bridgehead atoms. The van der Waals surface area contributed by atoms with Crippen LogP contribution < -0.4 is 0 Å². The summed E-state index contributed by atoms with van der Waals surface area (Å²) < 4.78 is 4.94. The highest BCUT2D eigenvalue weighted by Crippen LogP contribution is 2.06. The van der Waals surface area contributed by atoms with Crippen LogP contribution in [-0.2, 0) is 9.53 Å². The molecular weight excluding hydrogens is 152 g/mol. The van der Waals surface area contributed by atoms with Crippen molar-refractivity contribution in [3.05, 3.63) is 0 Å². The van der Waals surface area contributed by atoms with Gasteiger partial charge in [0.05, 0.1) is 0 Å². The van der Waals surface area contributed by atoms with Gasteiger partial charge in [0, 0.05) is 20.1 Å². The van der Waals surface area contributed by atoms with Crippen LogP contribution in [-0.4, -0.2) is 20.0 Å². The molecular formula is C10H20O2. The summed E-state index contributed by atoms with van der Waals surface area (Å²) in [5, 5.41) is 0. The smallest absolute Gasteiger partial charge is 0.119 e. The topological polar surface area (TPSA) is 26.3 Å². The minimum Gasteiger partial charge on any atom is -0.385 e. The number of aldehydes is 1. The summed E-state index contributed by atoms with van der Waals surface area (Å²) in [4.78, 5) is 9.96. The molecule has 0 rings (SSSR count). The zero-order chi connectivity index (χ0) is 9.07. The lowest BCUT2D eigenvalue weighted by atomic mass is 10.1. The summed E-state index contributed by atoms with van der Waals surface area (Å²) in [5.74, 6) is 0. The number of carbonyl (C=O) groups excluding carboxylic acids is 1. The summed E-state index contributed by atoms with van der Waals surface area (Å²) in [6.45, 7) is 0.883. The minimum absolute atomic E-state index is 0.734. The predicted molar refractivity (Wildman–Crippen MR) is 50.3 cm³/mol. The fraction of sp³-hybridized carbons (Fsp3) is 0.900. The molecule has 0 saturated heterocycles. The molecule has 12 heavy (non-hydrogen) atoms. The molecule has 0 radical (unpaired) electrons. The van der Waals surface area contributed by atoms with Gasteiger partial charge in [-0.25, -0.2) is 0 Å². The van der Waals surface area contributed by atoms with Crippen molar-refractivity contribution in [2.45, 2.75) is 44.9 Å². The molecule has 0 heterocycles. The molecule has 0 atom stereocenters. The van der Waals surface area contributed by atoms with Gasteiger partial charge < -0.3 is 9.53 Å². The van der Waals surface area contributed by atoms with E-state index in [1.54, 1.807) is 7.11 Å². The van der Waals surface area contributed by atoms with E-state index >= 15 is 0 Å². The molecule has 0 aromatic carbocycles. The third-order valence-electron chi connectivity index (χ3n) is 1.92. The van der Waals surface area contributed by atoms with Crippen molar-refractivity contribution in [1.82, 2.24) is 0 Å². The maximum absolute atomic E-state index is 9.96. The molecule has 0 aromatic rings. The number of rotatable bonds is 9. The third kappa shape index (κ3) is 9.63. The van der Waals surface area contributed by atoms with Crippen LogP contribution in [0.15, 0.2) is 0 Å². The molecule has 0 aliphatic rings. The number of hydrogen-bond acceptors (Lipinski definition) is 2. The van der Waals surface area contributed by atoms with Crippen LogP contribution in [0.3, 0.4) is 0 Å². The van der Waals surface area contributed by atoms with E-state index in [2.05, 4.69) is 0 Å². The zero-order valence-corrected chi connectivity index (χ0v) is 8.05. The van der Waals surface area contributed by atoms with E-state index in [9.17, 15) is 4.79 Å². The van der Waals surface area contributed by atoms with Crippen molar-refractivity contribution >= 4 is 6.29 Å². The van der Waals surface area contributed by atoms with E-state index in [0.717, 1.165) is 25.7 Å². The second kappa shape index (κ2) is 10.6. The average Bonchev–Trinajstić information content (AvgIpc) is 2.10. The number of unbranched alkanes of at least 4 members (excludes halogenated alkanes) is 6. The molecule has 0 aliphatic heterocycles. The average molecular weight is 172 g/mol. The van der Waals surface area contributed by atoms with Crippen LogP contribution in [0.4, 0.5) is 0 Å². The number of ether oxygens (including phenoxy) is 1. The first kappa shape index (κ1) is 11.6. The Morgan fingerprint density at radius 3 is 2.17 bits per heavy atom. The van der Waals surface area contributed by atoms with Crippen molar-refractivity contribution in [3.63, 3.8) is 0 Å². The molecule has 0 aromatic heterocycles. The van der Waals surface area contributed by atoms with Crippen molar-refractivity contribution in [2.24, 2.45) is 0 Å². The van der Waals surface area contributed by atoms with E-state index in [1.807, 2.05) is 0 Å². The SMILES string of the molecule is COCCCCCCCCC=O. The van der Waals surface area contributed by atoms with Crippen LogP contribution in [0, 0.1) is 0 Å². The third-order valence-corrected chi connectivity index (χ3v) is 1.92. The quantitative estimate of drug-likeness (QED) is 0.394. The lowest BCUT2D eigenvalue weighted by Gasteiger charge is -1.99. The Hall–Kier alpha value is -0.370. The molecule has 0 aliphatic carbocycles. The first-order chi connectivity index (χ1) is 5.91. The normalized spacial score (nSPS) is 10.1. The van der Waals surface area contributed by atoms with Gasteiger partial charge >= 0.3 is 0 Å². The first-order valence-corrected chi connectivity index (χ1v) is 4.84. The van der Waals surface area contributed by atoms with Crippen LogP contribution in [0.1, 0.15) is 44.9 Å². The second-order valence-corrected chi connectivity index (χ2v) is 3.07. The molecule has 2 nitrogen and oxygen atoms in total. The molecule has 2 heteroatoms. The van der Waals surface area contributed by atoms with Gasteiger partial charge in [-0.2, -0.15) is 0 Å². The van der Waals surface area contributed by atoms with Crippen LogP contribution in [0.25, 0.3) is 0 Å². The van der Waals surface area contributed by atoms with Gasteiger partial charge in [-0.3, -0.25) is 0 Å². The zero-order valence-electron chi connectivity index (χ0n) is 8.05. The van der Waals surface area contributed by atoms with E-state index in [-0.39, 0.29) is 0 Å². The summed E-state index contributed by atoms with van der Waals surface area (Å²) in [6, 6.07) is 0. The standard InChI is InChI=1S/C10H20O2/c1-12-10-8-6-4-2-3-5-7-9-11/h9H,2-8,10H2,1H3. The second-order valence-electron chi connectivity index (χ2n) is 3.07. The Kier molecular flexibility index (Phi) is 10.3. The van der Waals surface area contributed by atoms with Gasteiger partial charge in [0.15, 0.2) is 0 Å². The van der Waals surface area contributed by atoms with Crippen LogP contribution >= 0.6 is 0 Å². The fourth-order valence-corrected chi connectivity index (χ4v) is 1.18. The molecule has 0 amide bonds. The highest BCUT2D eigenvalue weighted by molar-refractivity contribution is 5.48. The molecule has 72 valence electrons. The monoisotopic (exact) mass is 172 g/mol. The van der Waals surface area contributed by atoms with Crippen LogP contribution in [0.5, 0.6) is 0 Å². The Morgan fingerprint density at radius 1 is 1.00 bits per heavy atom. The van der Waals surface area contributed by atoms with Gasteiger partial charge in [-0.1, -0.05) is 25.7 Å². The maximum atomic E-state index is 9.96. The fourth-order valence-electron chi connectivity index (χ4n) is 1.18. The number of carbonyl (C=O) groups is 1. The van der Waals surface area contributed by atoms with Gasteiger partial charge in [-0.15, -0.1) is 0 Å². The Morgan fingerprint density at radius 2 is 1.58 bits per heavy atom. The Labute approximate surface area is 75.3 Å². The largest absolute Gasteiger partial charge is 0.385 e. The van der Waals surface area contributed by atoms with E-state index < -0.39 is 0 Å². The highest BCUT2D eigenvalue weighted by atomic mass is 16.5. The van der Waals surface area contributed by atoms with Crippen molar-refractivity contribution < 1.29 is 9.53 Å². The predicted octanol–water partition coefficient (Wildman–Crippen LogP) is 2.56. The number of hydrogen-bond donors (Lipinski definition) is 0. The van der Waals surface area contributed by atoms with Crippen molar-refractivity contribution in [1.29, 1.82) is 0 Å². The summed E-state index contributed by atoms with van der Waals surface area (Å²) in [5.41, 5.74) is 0. The van der Waals surface area contributed by atoms with E-state index in [1.165, 1.54) is 32.1 Å². The molecule has 0 unspecified atom stereocenters. The van der Waals surface area contributed by atoms with E-state index in [0.29, 0.717) is 0 Å². The summed E-state index contributed by atoms with van der Waals surface area (Å²) >= 11 is 0. The van der Waals surface area contributed by atoms with Crippen molar-refractivity contribution in [2.75, 3.05) is 13.7 Å². The van der Waals surface area contributed by atoms with Gasteiger partial charge in [-0.05, 0) is 12.8 Å². The lowest BCUT2D eigenvalue weighted by molar-refractivity contribution is -0.107. The van der Waals surface area contributed by atoms with Gasteiger partial charge in [0.2, 0.25) is 0 Å². The Balaban J connectivity index is 2.77. The molecule has 0 fully saturated rings. The summed E-state index contributed by atoms with van der Waals surface area (Å²) in [6.07, 6.45) is 8.97. The minimum atomic E-state index is 0.734. The highest BCUT2D eigenvalue weighted by Gasteiger charge is 1.90.